The van der Waals surface area contributed by atoms with Crippen LogP contribution < -0.4 is 15.9 Å². The van der Waals surface area contributed by atoms with Gasteiger partial charge in [-0.05, 0) is 30.5 Å². The number of aryl methyl sites for hydroxylation is 1. The van der Waals surface area contributed by atoms with Crippen LogP contribution in [0, 0.1) is 5.41 Å². The van der Waals surface area contributed by atoms with Crippen LogP contribution in [0.25, 0.3) is 11.3 Å². The second-order valence-electron chi connectivity index (χ2n) is 10.0. The van der Waals surface area contributed by atoms with Gasteiger partial charge in [0.2, 0.25) is 0 Å². The van der Waals surface area contributed by atoms with Gasteiger partial charge in [0.1, 0.15) is 5.56 Å². The zero-order chi connectivity index (χ0) is 25.2. The van der Waals surface area contributed by atoms with Gasteiger partial charge in [0, 0.05) is 43.6 Å². The zero-order valence-corrected chi connectivity index (χ0v) is 21.6. The third-order valence-corrected chi connectivity index (χ3v) is 7.02. The fourth-order valence-corrected chi connectivity index (χ4v) is 5.18. The van der Waals surface area contributed by atoms with E-state index >= 15 is 0 Å². The van der Waals surface area contributed by atoms with Gasteiger partial charge >= 0.3 is 5.97 Å². The Kier molecular flexibility index (Phi) is 7.71. The lowest BCUT2D eigenvalue weighted by Crippen LogP contribution is -2.48. The molecule has 0 spiro atoms. The molecule has 3 rings (SSSR count). The number of carboxylic acids is 1. The first-order valence-corrected chi connectivity index (χ1v) is 12.1. The maximum absolute atomic E-state index is 12.9. The number of benzene rings is 1. The number of ether oxygens (including phenoxy) is 1. The van der Waals surface area contributed by atoms with Crippen LogP contribution in [0.2, 0.25) is 0 Å². The van der Waals surface area contributed by atoms with Crippen LogP contribution in [-0.2, 0) is 11.2 Å². The minimum Gasteiger partial charge on any atom is -0.477 e. The molecule has 0 amide bonds. The van der Waals surface area contributed by atoms with Gasteiger partial charge in [0.25, 0.3) is 0 Å². The third-order valence-electron chi connectivity index (χ3n) is 7.02. The van der Waals surface area contributed by atoms with Gasteiger partial charge in [-0.1, -0.05) is 57.9 Å². The molecule has 0 saturated heterocycles. The van der Waals surface area contributed by atoms with Crippen molar-refractivity contribution in [1.82, 2.24) is 9.47 Å². The van der Waals surface area contributed by atoms with Gasteiger partial charge < -0.3 is 19.3 Å². The van der Waals surface area contributed by atoms with Crippen molar-refractivity contribution >= 4 is 17.2 Å². The average molecular weight is 467 g/mol. The second-order valence-corrected chi connectivity index (χ2v) is 10.0. The van der Waals surface area contributed by atoms with Gasteiger partial charge in [-0.25, -0.2) is 4.79 Å². The molecule has 184 valence electrons. The van der Waals surface area contributed by atoms with Crippen LogP contribution in [0.4, 0.5) is 0 Å². The first-order chi connectivity index (χ1) is 16.1. The maximum Gasteiger partial charge on any atom is 0.341 e. The lowest BCUT2D eigenvalue weighted by Gasteiger charge is -2.44. The molecule has 0 aliphatic carbocycles. The molecule has 6 nitrogen and oxygen atoms in total. The van der Waals surface area contributed by atoms with Crippen LogP contribution in [0.5, 0.6) is 0 Å². The highest BCUT2D eigenvalue weighted by molar-refractivity contribution is 5.87. The monoisotopic (exact) mass is 466 g/mol. The normalized spacial score (nSPS) is 18.6. The Bertz CT molecular complexity index is 1260. The van der Waals surface area contributed by atoms with E-state index in [0.717, 1.165) is 35.9 Å². The van der Waals surface area contributed by atoms with E-state index in [9.17, 15) is 14.7 Å². The van der Waals surface area contributed by atoms with Gasteiger partial charge in [0.15, 0.2) is 5.43 Å². The summed E-state index contributed by atoms with van der Waals surface area (Å²) in [4.78, 5) is 26.9. The number of carboxylic acid groups (broad SMARTS) is 1. The number of aromatic nitrogens is 1. The number of rotatable bonds is 7. The summed E-state index contributed by atoms with van der Waals surface area (Å²) in [6.45, 7) is 11.9. The molecular formula is C28H38N2O4. The van der Waals surface area contributed by atoms with Crippen molar-refractivity contribution in [2.45, 2.75) is 59.9 Å². The number of likely N-dealkylation sites (N-methyl/N-ethyl adjacent to an activating group) is 1. The van der Waals surface area contributed by atoms with Gasteiger partial charge in [-0.2, -0.15) is 0 Å². The van der Waals surface area contributed by atoms with Crippen LogP contribution in [-0.4, -0.2) is 47.9 Å². The van der Waals surface area contributed by atoms with Crippen molar-refractivity contribution < 1.29 is 14.6 Å². The van der Waals surface area contributed by atoms with Crippen molar-refractivity contribution in [1.29, 1.82) is 0 Å². The van der Waals surface area contributed by atoms with Crippen molar-refractivity contribution in [2.24, 2.45) is 5.41 Å². The van der Waals surface area contributed by atoms with Crippen molar-refractivity contribution in [2.75, 3.05) is 27.3 Å². The average Bonchev–Trinajstić information content (AvgIpc) is 2.77. The van der Waals surface area contributed by atoms with Crippen molar-refractivity contribution in [3.63, 3.8) is 0 Å². The number of fused-ring (bicyclic) bond motifs is 1. The van der Waals surface area contributed by atoms with Crippen LogP contribution in [0.1, 0.15) is 75.1 Å². The van der Waals surface area contributed by atoms with Crippen LogP contribution in [0.3, 0.4) is 0 Å². The van der Waals surface area contributed by atoms with E-state index in [2.05, 4.69) is 64.8 Å². The number of aromatic carboxylic acids is 1. The summed E-state index contributed by atoms with van der Waals surface area (Å²) in [6, 6.07) is 7.83. The van der Waals surface area contributed by atoms with E-state index in [1.54, 1.807) is 7.11 Å². The van der Waals surface area contributed by atoms with E-state index in [4.69, 9.17) is 4.74 Å². The summed E-state index contributed by atoms with van der Waals surface area (Å²) < 4.78 is 7.51. The molecule has 2 heterocycles. The minimum atomic E-state index is -1.20. The van der Waals surface area contributed by atoms with E-state index in [-0.39, 0.29) is 17.0 Å². The Hall–Kier alpha value is -2.86. The molecule has 0 radical (unpaired) electrons. The Morgan fingerprint density at radius 1 is 1.26 bits per heavy atom. The van der Waals surface area contributed by atoms with Crippen LogP contribution >= 0.6 is 0 Å². The van der Waals surface area contributed by atoms with E-state index in [1.165, 1.54) is 28.6 Å². The Morgan fingerprint density at radius 2 is 1.97 bits per heavy atom. The van der Waals surface area contributed by atoms with Gasteiger partial charge in [-0.15, -0.1) is 0 Å². The summed E-state index contributed by atoms with van der Waals surface area (Å²) in [5, 5.41) is 12.0. The highest BCUT2D eigenvalue weighted by Crippen LogP contribution is 2.38. The summed E-state index contributed by atoms with van der Waals surface area (Å²) >= 11 is 0. The third kappa shape index (κ3) is 4.69. The standard InChI is InChI=1S/C28H38N2O4/c1-8-11-19-12-10-13-20(25(19)18(3)9-2)26-22-14-23(31)21(27(32)33)15-30(22)24(16-29(26)6)28(4,5)17-34-7/h10,12-15,24H,8-9,11,16-17H2,1-7H3,(H,32,33)/b25-18-,26-20-. The predicted octanol–water partition coefficient (Wildman–Crippen LogP) is 3.40. The largest absolute Gasteiger partial charge is 0.477 e. The molecule has 1 aromatic heterocycles. The molecule has 34 heavy (non-hydrogen) atoms. The first kappa shape index (κ1) is 25.8. The maximum atomic E-state index is 12.9. The number of pyridine rings is 1. The molecular weight excluding hydrogens is 428 g/mol. The molecule has 6 heteroatoms. The fraction of sp³-hybridized carbons (Fsp3) is 0.500. The number of nitrogens with zero attached hydrogens (tertiary/aromatic N) is 2. The second kappa shape index (κ2) is 10.2. The Balaban J connectivity index is 2.51. The molecule has 0 saturated carbocycles. The summed E-state index contributed by atoms with van der Waals surface area (Å²) in [5.41, 5.74) is 3.35. The molecule has 2 aromatic rings. The molecule has 1 aromatic carbocycles. The highest BCUT2D eigenvalue weighted by atomic mass is 16.5. The van der Waals surface area contributed by atoms with Crippen molar-refractivity contribution in [3.05, 3.63) is 67.9 Å². The molecule has 1 N–H and O–H groups in total. The summed E-state index contributed by atoms with van der Waals surface area (Å²) in [6.07, 6.45) is 4.48. The van der Waals surface area contributed by atoms with E-state index in [1.807, 2.05) is 4.57 Å². The SMILES string of the molecule is CCCc1cccc(=C2\c3cc(=O)c(C(=O)O)cn3C(C(C)(C)COC)CN2C)/c1=C(/C)CC. The molecule has 1 atom stereocenters. The van der Waals surface area contributed by atoms with Gasteiger partial charge in [-0.3, -0.25) is 4.79 Å². The number of hydrogen-bond acceptors (Lipinski definition) is 4. The number of hydrogen-bond donors (Lipinski definition) is 1. The zero-order valence-electron chi connectivity index (χ0n) is 21.6. The molecule has 1 aliphatic rings. The predicted molar refractivity (Wildman–Crippen MR) is 137 cm³/mol. The Labute approximate surface area is 202 Å². The lowest BCUT2D eigenvalue weighted by molar-refractivity contribution is 0.0506. The van der Waals surface area contributed by atoms with Crippen molar-refractivity contribution in [3.8, 4) is 0 Å². The first-order valence-electron chi connectivity index (χ1n) is 12.1. The Morgan fingerprint density at radius 3 is 2.56 bits per heavy atom. The van der Waals surface area contributed by atoms with E-state index in [0.29, 0.717) is 13.2 Å². The number of methoxy groups -OCH3 is 1. The highest BCUT2D eigenvalue weighted by Gasteiger charge is 2.38. The van der Waals surface area contributed by atoms with Gasteiger partial charge in [0.05, 0.1) is 24.0 Å². The topological polar surface area (TPSA) is 71.8 Å². The summed E-state index contributed by atoms with van der Waals surface area (Å²) in [5.74, 6) is -1.20. The van der Waals surface area contributed by atoms with Crippen LogP contribution in [0.15, 0.2) is 35.3 Å². The lowest BCUT2D eigenvalue weighted by atomic mass is 9.82. The quantitative estimate of drug-likeness (QED) is 0.677. The summed E-state index contributed by atoms with van der Waals surface area (Å²) in [7, 11) is 3.73. The molecule has 0 fully saturated rings. The van der Waals surface area contributed by atoms with E-state index < -0.39 is 11.4 Å². The minimum absolute atomic E-state index is 0.0755. The molecule has 0 bridgehead atoms. The molecule has 1 aliphatic heterocycles. The fourth-order valence-electron chi connectivity index (χ4n) is 5.18. The molecule has 1 unspecified atom stereocenters. The number of carbonyl (C=O) groups is 1. The smallest absolute Gasteiger partial charge is 0.341 e.